The van der Waals surface area contributed by atoms with Crippen molar-refractivity contribution in [2.75, 3.05) is 33.3 Å². The first-order chi connectivity index (χ1) is 11.7. The molecular formula is C18H24N4O2. The van der Waals surface area contributed by atoms with Crippen LogP contribution in [0.4, 0.5) is 0 Å². The van der Waals surface area contributed by atoms with Crippen LogP contribution in [0.25, 0.3) is 0 Å². The molecule has 0 radical (unpaired) electrons. The summed E-state index contributed by atoms with van der Waals surface area (Å²) in [7, 11) is 1.68. The van der Waals surface area contributed by atoms with Crippen molar-refractivity contribution in [3.05, 3.63) is 48.5 Å². The van der Waals surface area contributed by atoms with E-state index in [-0.39, 0.29) is 11.9 Å². The molecule has 0 unspecified atom stereocenters. The van der Waals surface area contributed by atoms with E-state index in [0.29, 0.717) is 0 Å². The summed E-state index contributed by atoms with van der Waals surface area (Å²) in [5, 5.41) is 0. The van der Waals surface area contributed by atoms with Crippen LogP contribution >= 0.6 is 0 Å². The zero-order valence-corrected chi connectivity index (χ0v) is 14.3. The van der Waals surface area contributed by atoms with Crippen molar-refractivity contribution in [1.29, 1.82) is 0 Å². The van der Waals surface area contributed by atoms with Gasteiger partial charge in [-0.2, -0.15) is 0 Å². The van der Waals surface area contributed by atoms with Gasteiger partial charge in [-0.3, -0.25) is 9.69 Å². The van der Waals surface area contributed by atoms with Gasteiger partial charge in [0.1, 0.15) is 11.8 Å². The van der Waals surface area contributed by atoms with Crippen LogP contribution in [0.3, 0.4) is 0 Å². The fourth-order valence-corrected chi connectivity index (χ4v) is 3.01. The van der Waals surface area contributed by atoms with Gasteiger partial charge >= 0.3 is 0 Å². The molecule has 0 bridgehead atoms. The highest BCUT2D eigenvalue weighted by Gasteiger charge is 2.25. The summed E-state index contributed by atoms with van der Waals surface area (Å²) >= 11 is 0. The van der Waals surface area contributed by atoms with E-state index in [1.165, 1.54) is 5.56 Å². The van der Waals surface area contributed by atoms with E-state index >= 15 is 0 Å². The number of ether oxygens (including phenoxy) is 1. The van der Waals surface area contributed by atoms with E-state index < -0.39 is 0 Å². The third kappa shape index (κ3) is 3.76. The van der Waals surface area contributed by atoms with Crippen LogP contribution in [-0.2, 0) is 11.3 Å². The number of rotatable bonds is 5. The van der Waals surface area contributed by atoms with Gasteiger partial charge < -0.3 is 14.2 Å². The molecule has 0 saturated carbocycles. The first kappa shape index (κ1) is 16.5. The average molecular weight is 328 g/mol. The summed E-state index contributed by atoms with van der Waals surface area (Å²) in [6.07, 6.45) is 5.24. The van der Waals surface area contributed by atoms with Crippen molar-refractivity contribution < 1.29 is 9.53 Å². The minimum atomic E-state index is -0.194. The second-order valence-electron chi connectivity index (χ2n) is 6.14. The number of piperazine rings is 1. The molecule has 1 aliphatic rings. The summed E-state index contributed by atoms with van der Waals surface area (Å²) < 4.78 is 7.04. The predicted molar refractivity (Wildman–Crippen MR) is 91.8 cm³/mol. The van der Waals surface area contributed by atoms with E-state index in [4.69, 9.17) is 4.74 Å². The van der Waals surface area contributed by atoms with Crippen LogP contribution in [0.1, 0.15) is 18.5 Å². The smallest absolute Gasteiger partial charge is 0.245 e. The maximum absolute atomic E-state index is 12.6. The van der Waals surface area contributed by atoms with E-state index in [2.05, 4.69) is 22.0 Å². The number of carbonyl (C=O) groups is 1. The largest absolute Gasteiger partial charge is 0.497 e. The van der Waals surface area contributed by atoms with Gasteiger partial charge in [0.05, 0.1) is 13.4 Å². The summed E-state index contributed by atoms with van der Waals surface area (Å²) in [5.41, 5.74) is 1.27. The summed E-state index contributed by atoms with van der Waals surface area (Å²) in [6.45, 7) is 6.17. The minimum absolute atomic E-state index is 0.164. The monoisotopic (exact) mass is 328 g/mol. The zero-order valence-electron chi connectivity index (χ0n) is 14.3. The summed E-state index contributed by atoms with van der Waals surface area (Å²) in [5.74, 6) is 1.04. The molecule has 0 aliphatic carbocycles. The van der Waals surface area contributed by atoms with Gasteiger partial charge in [-0.05, 0) is 24.6 Å². The molecule has 1 amide bonds. The molecule has 1 fully saturated rings. The minimum Gasteiger partial charge on any atom is -0.497 e. The highest BCUT2D eigenvalue weighted by molar-refractivity contribution is 5.80. The van der Waals surface area contributed by atoms with Gasteiger partial charge in [-0.1, -0.05) is 12.1 Å². The average Bonchev–Trinajstić information content (AvgIpc) is 3.16. The zero-order chi connectivity index (χ0) is 16.9. The normalized spacial score (nSPS) is 16.8. The summed E-state index contributed by atoms with van der Waals surface area (Å²) in [6, 6.07) is 7.97. The van der Waals surface area contributed by atoms with Crippen LogP contribution in [0.2, 0.25) is 0 Å². The Balaban J connectivity index is 1.50. The van der Waals surface area contributed by atoms with Gasteiger partial charge in [0, 0.05) is 45.1 Å². The molecular weight excluding hydrogens is 304 g/mol. The number of benzene rings is 1. The lowest BCUT2D eigenvalue weighted by atomic mass is 10.2. The third-order valence-corrected chi connectivity index (χ3v) is 4.58. The maximum atomic E-state index is 12.6. The van der Waals surface area contributed by atoms with Crippen LogP contribution < -0.4 is 4.74 Å². The number of aromatic nitrogens is 2. The fourth-order valence-electron chi connectivity index (χ4n) is 3.01. The predicted octanol–water partition coefficient (Wildman–Crippen LogP) is 1.80. The molecule has 128 valence electrons. The van der Waals surface area contributed by atoms with Crippen molar-refractivity contribution in [2.45, 2.75) is 19.5 Å². The first-order valence-corrected chi connectivity index (χ1v) is 8.29. The highest BCUT2D eigenvalue weighted by Crippen LogP contribution is 2.16. The van der Waals surface area contributed by atoms with Crippen LogP contribution in [0.5, 0.6) is 5.75 Å². The number of methoxy groups -OCH3 is 1. The van der Waals surface area contributed by atoms with Gasteiger partial charge in [0.15, 0.2) is 0 Å². The second-order valence-corrected chi connectivity index (χ2v) is 6.14. The Hall–Kier alpha value is -2.34. The molecule has 1 saturated heterocycles. The van der Waals surface area contributed by atoms with E-state index in [1.807, 2.05) is 34.7 Å². The van der Waals surface area contributed by atoms with E-state index in [9.17, 15) is 4.79 Å². The van der Waals surface area contributed by atoms with Gasteiger partial charge in [-0.15, -0.1) is 0 Å². The van der Waals surface area contributed by atoms with E-state index in [0.717, 1.165) is 38.5 Å². The Kier molecular flexibility index (Phi) is 5.15. The van der Waals surface area contributed by atoms with Crippen molar-refractivity contribution in [3.8, 4) is 5.75 Å². The molecule has 1 aromatic heterocycles. The van der Waals surface area contributed by atoms with Crippen LogP contribution in [0.15, 0.2) is 43.0 Å². The molecule has 1 atom stereocenters. The molecule has 6 heteroatoms. The number of amides is 1. The quantitative estimate of drug-likeness (QED) is 0.840. The number of carbonyl (C=O) groups excluding carboxylic acids is 1. The SMILES string of the molecule is COc1ccc(CN2CCN(C(=O)[C@H](C)n3ccnc3)CC2)cc1. The molecule has 24 heavy (non-hydrogen) atoms. The molecule has 6 nitrogen and oxygen atoms in total. The molecule has 0 spiro atoms. The standard InChI is InChI=1S/C18H24N4O2/c1-15(22-8-7-19-14-22)18(23)21-11-9-20(10-12-21)13-16-3-5-17(24-2)6-4-16/h3-8,14-15H,9-13H2,1-2H3/t15-/m0/s1. The van der Waals surface area contributed by atoms with Gasteiger partial charge in [0.2, 0.25) is 5.91 Å². The summed E-state index contributed by atoms with van der Waals surface area (Å²) in [4.78, 5) is 20.9. The topological polar surface area (TPSA) is 50.6 Å². The molecule has 1 aliphatic heterocycles. The first-order valence-electron chi connectivity index (χ1n) is 8.29. The van der Waals surface area contributed by atoms with Gasteiger partial charge in [0.25, 0.3) is 0 Å². The van der Waals surface area contributed by atoms with Crippen molar-refractivity contribution in [3.63, 3.8) is 0 Å². The Labute approximate surface area is 142 Å². The second kappa shape index (κ2) is 7.49. The fraction of sp³-hybridized carbons (Fsp3) is 0.444. The Morgan fingerprint density at radius 2 is 1.92 bits per heavy atom. The maximum Gasteiger partial charge on any atom is 0.245 e. The highest BCUT2D eigenvalue weighted by atomic mass is 16.5. The molecule has 3 rings (SSSR count). The lowest BCUT2D eigenvalue weighted by Crippen LogP contribution is -2.49. The Morgan fingerprint density at radius 1 is 1.21 bits per heavy atom. The third-order valence-electron chi connectivity index (χ3n) is 4.58. The van der Waals surface area contributed by atoms with Crippen molar-refractivity contribution in [2.24, 2.45) is 0 Å². The van der Waals surface area contributed by atoms with Crippen molar-refractivity contribution in [1.82, 2.24) is 19.4 Å². The van der Waals surface area contributed by atoms with E-state index in [1.54, 1.807) is 19.6 Å². The number of hydrogen-bond donors (Lipinski definition) is 0. The Morgan fingerprint density at radius 3 is 2.50 bits per heavy atom. The molecule has 1 aromatic carbocycles. The number of nitrogens with zero attached hydrogens (tertiary/aromatic N) is 4. The Bertz CT molecular complexity index is 646. The van der Waals surface area contributed by atoms with Crippen molar-refractivity contribution >= 4 is 5.91 Å². The number of imidazole rings is 1. The molecule has 2 aromatic rings. The van der Waals surface area contributed by atoms with Crippen LogP contribution in [0, 0.1) is 0 Å². The molecule has 0 N–H and O–H groups in total. The lowest BCUT2D eigenvalue weighted by Gasteiger charge is -2.36. The van der Waals surface area contributed by atoms with Gasteiger partial charge in [-0.25, -0.2) is 4.98 Å². The van der Waals surface area contributed by atoms with Crippen LogP contribution in [-0.4, -0.2) is 58.5 Å². The molecule has 2 heterocycles. The lowest BCUT2D eigenvalue weighted by molar-refractivity contribution is -0.136. The number of hydrogen-bond acceptors (Lipinski definition) is 4.